The van der Waals surface area contributed by atoms with Gasteiger partial charge in [0.2, 0.25) is 20.2 Å². The molecular weight excluding hydrogens is 510 g/mol. The third-order valence-corrected chi connectivity index (χ3v) is 8.27. The van der Waals surface area contributed by atoms with Crippen LogP contribution in [0.25, 0.3) is 26.5 Å². The minimum atomic E-state index is -4.72. The molecule has 0 radical (unpaired) electrons. The summed E-state index contributed by atoms with van der Waals surface area (Å²) < 4.78 is 84.8. The third kappa shape index (κ3) is 4.20. The van der Waals surface area contributed by atoms with E-state index in [1.54, 1.807) is 6.08 Å². The van der Waals surface area contributed by atoms with Crippen molar-refractivity contribution in [2.75, 3.05) is 6.54 Å². The number of hydrogen-bond donors (Lipinski definition) is 2. The van der Waals surface area contributed by atoms with Gasteiger partial charge in [-0.3, -0.25) is 4.85 Å². The average Bonchev–Trinajstić information content (AvgIpc) is 3.18. The van der Waals surface area contributed by atoms with Gasteiger partial charge in [0.05, 0.1) is 24.6 Å². The van der Waals surface area contributed by atoms with Crippen molar-refractivity contribution < 1.29 is 26.0 Å². The fourth-order valence-electron chi connectivity index (χ4n) is 3.94. The highest BCUT2D eigenvalue weighted by molar-refractivity contribution is 7.89. The molecule has 5 rings (SSSR count). The van der Waals surface area contributed by atoms with E-state index in [4.69, 9.17) is 6.57 Å². The molecule has 1 aromatic carbocycles. The van der Waals surface area contributed by atoms with Gasteiger partial charge in [0.25, 0.3) is 5.66 Å². The largest absolute Gasteiger partial charge is 0.445 e. The molecule has 3 heterocycles. The SMILES string of the molecule is [C-]#[N+]C1(NS(=O)(=O)c2cc3c(cnn3-c3nnc(C(F)(F)F)s3)c(C3=CC(C)NCC3)c2F)CC1. The van der Waals surface area contributed by atoms with Crippen molar-refractivity contribution in [3.63, 3.8) is 0 Å². The summed E-state index contributed by atoms with van der Waals surface area (Å²) in [6.45, 7) is 9.63. The van der Waals surface area contributed by atoms with Gasteiger partial charge < -0.3 is 5.32 Å². The van der Waals surface area contributed by atoms with Gasteiger partial charge in [-0.05, 0) is 31.5 Å². The monoisotopic (exact) mass is 527 g/mol. The van der Waals surface area contributed by atoms with Crippen LogP contribution >= 0.6 is 11.3 Å². The Labute approximate surface area is 200 Å². The average molecular weight is 528 g/mol. The summed E-state index contributed by atoms with van der Waals surface area (Å²) in [6, 6.07) is 0.888. The maximum atomic E-state index is 15.9. The maximum absolute atomic E-state index is 15.9. The Bertz CT molecular complexity index is 1510. The van der Waals surface area contributed by atoms with Crippen LogP contribution in [0.3, 0.4) is 0 Å². The number of nitrogens with one attached hydrogen (secondary N) is 2. The first kappa shape index (κ1) is 23.8. The quantitative estimate of drug-likeness (QED) is 0.389. The van der Waals surface area contributed by atoms with Gasteiger partial charge in [0.15, 0.2) is 5.82 Å². The van der Waals surface area contributed by atoms with Crippen LogP contribution in [0.4, 0.5) is 17.6 Å². The molecule has 1 atom stereocenters. The molecule has 1 fully saturated rings. The molecule has 0 amide bonds. The number of sulfonamides is 1. The van der Waals surface area contributed by atoms with Crippen molar-refractivity contribution in [3.05, 3.63) is 46.1 Å². The summed E-state index contributed by atoms with van der Waals surface area (Å²) in [7, 11) is -4.49. The Balaban J connectivity index is 1.74. The summed E-state index contributed by atoms with van der Waals surface area (Å²) in [5.74, 6) is -1.01. The lowest BCUT2D eigenvalue weighted by Gasteiger charge is -2.21. The number of rotatable bonds is 5. The summed E-state index contributed by atoms with van der Waals surface area (Å²) in [4.78, 5) is 2.60. The summed E-state index contributed by atoms with van der Waals surface area (Å²) >= 11 is 0.225. The number of halogens is 4. The zero-order valence-corrected chi connectivity index (χ0v) is 19.7. The predicted molar refractivity (Wildman–Crippen MR) is 118 cm³/mol. The first-order valence-electron chi connectivity index (χ1n) is 10.4. The van der Waals surface area contributed by atoms with E-state index in [9.17, 15) is 21.6 Å². The highest BCUT2D eigenvalue weighted by Crippen LogP contribution is 2.41. The number of hydrogen-bond acceptors (Lipinski definition) is 7. The van der Waals surface area contributed by atoms with Gasteiger partial charge in [0, 0.05) is 17.0 Å². The molecule has 3 aromatic rings. The van der Waals surface area contributed by atoms with E-state index in [0.29, 0.717) is 31.4 Å². The molecule has 1 unspecified atom stereocenters. The van der Waals surface area contributed by atoms with E-state index in [1.165, 1.54) is 6.20 Å². The van der Waals surface area contributed by atoms with Crippen LogP contribution in [-0.4, -0.2) is 46.6 Å². The van der Waals surface area contributed by atoms with Gasteiger partial charge in [-0.2, -0.15) is 18.3 Å². The van der Waals surface area contributed by atoms with E-state index in [2.05, 4.69) is 30.2 Å². The Hall–Kier alpha value is -2.93. The number of nitrogens with zero attached hydrogens (tertiary/aromatic N) is 5. The van der Waals surface area contributed by atoms with Crippen molar-refractivity contribution in [1.82, 2.24) is 30.0 Å². The molecule has 35 heavy (non-hydrogen) atoms. The molecule has 184 valence electrons. The van der Waals surface area contributed by atoms with Crippen molar-refractivity contribution in [2.45, 2.75) is 49.0 Å². The van der Waals surface area contributed by atoms with Crippen LogP contribution in [0, 0.1) is 12.4 Å². The van der Waals surface area contributed by atoms with E-state index < -0.39 is 37.6 Å². The molecule has 2 N–H and O–H groups in total. The lowest BCUT2D eigenvalue weighted by atomic mass is 9.94. The van der Waals surface area contributed by atoms with Crippen LogP contribution in [0.1, 0.15) is 36.8 Å². The standard InChI is InChI=1S/C20H17F4N7O2S2/c1-10-7-11(3-6-26-10)15-12-9-27-31(18-29-28-17(34-18)20(22,23)24)13(12)8-14(16(15)21)35(32,33)30-19(25-2)4-5-19/h7-10,26,30H,3-6H2,1H3. The molecule has 15 heteroatoms. The van der Waals surface area contributed by atoms with Crippen molar-refractivity contribution in [1.29, 1.82) is 0 Å². The normalized spacial score (nSPS) is 20.0. The molecular formula is C20H17F4N7O2S2. The smallest absolute Gasteiger partial charge is 0.310 e. The Kier molecular flexibility index (Phi) is 5.47. The predicted octanol–water partition coefficient (Wildman–Crippen LogP) is 3.49. The first-order valence-corrected chi connectivity index (χ1v) is 12.7. The first-order chi connectivity index (χ1) is 16.4. The third-order valence-electron chi connectivity index (χ3n) is 5.80. The van der Waals surface area contributed by atoms with Gasteiger partial charge in [-0.25, -0.2) is 24.1 Å². The molecule has 0 spiro atoms. The van der Waals surface area contributed by atoms with Crippen LogP contribution in [0.2, 0.25) is 0 Å². The van der Waals surface area contributed by atoms with Crippen LogP contribution in [0.15, 0.2) is 23.2 Å². The lowest BCUT2D eigenvalue weighted by Crippen LogP contribution is -2.35. The van der Waals surface area contributed by atoms with E-state index in [1.807, 2.05) is 6.92 Å². The number of benzene rings is 1. The molecule has 2 aromatic heterocycles. The summed E-state index contributed by atoms with van der Waals surface area (Å²) in [6.07, 6.45) is -0.712. The Morgan fingerprint density at radius 2 is 2.09 bits per heavy atom. The second kappa shape index (κ2) is 8.05. The van der Waals surface area contributed by atoms with Crippen molar-refractivity contribution in [2.24, 2.45) is 0 Å². The number of alkyl halides is 3. The second-order valence-electron chi connectivity index (χ2n) is 8.37. The van der Waals surface area contributed by atoms with Crippen LogP contribution < -0.4 is 10.0 Å². The van der Waals surface area contributed by atoms with Crippen molar-refractivity contribution >= 4 is 37.8 Å². The zero-order valence-electron chi connectivity index (χ0n) is 18.0. The number of fused-ring (bicyclic) bond motifs is 1. The summed E-state index contributed by atoms with van der Waals surface area (Å²) in [5.41, 5.74) is -0.735. The zero-order chi connectivity index (χ0) is 25.2. The van der Waals surface area contributed by atoms with Crippen molar-refractivity contribution in [3.8, 4) is 5.13 Å². The van der Waals surface area contributed by atoms with Crippen LogP contribution in [-0.2, 0) is 16.2 Å². The highest BCUT2D eigenvalue weighted by Gasteiger charge is 2.54. The van der Waals surface area contributed by atoms with Gasteiger partial charge in [0.1, 0.15) is 4.90 Å². The maximum Gasteiger partial charge on any atom is 0.445 e. The molecule has 1 aliphatic heterocycles. The lowest BCUT2D eigenvalue weighted by molar-refractivity contribution is -0.138. The second-order valence-corrected chi connectivity index (χ2v) is 11.0. The topological polar surface area (TPSA) is 106 Å². The minimum absolute atomic E-state index is 0.00399. The van der Waals surface area contributed by atoms with Gasteiger partial charge >= 0.3 is 6.18 Å². The van der Waals surface area contributed by atoms with Crippen LogP contribution in [0.5, 0.6) is 0 Å². The van der Waals surface area contributed by atoms with E-state index >= 15 is 4.39 Å². The fourth-order valence-corrected chi connectivity index (χ4v) is 6.09. The molecule has 0 saturated heterocycles. The molecule has 0 bridgehead atoms. The minimum Gasteiger partial charge on any atom is -0.310 e. The molecule has 2 aliphatic rings. The van der Waals surface area contributed by atoms with E-state index in [-0.39, 0.29) is 39.0 Å². The highest BCUT2D eigenvalue weighted by atomic mass is 32.2. The van der Waals surface area contributed by atoms with Gasteiger partial charge in [-0.1, -0.05) is 17.4 Å². The Morgan fingerprint density at radius 3 is 2.69 bits per heavy atom. The molecule has 1 aliphatic carbocycles. The summed E-state index contributed by atoms with van der Waals surface area (Å²) in [5, 5.41) is 12.7. The molecule has 9 nitrogen and oxygen atoms in total. The Morgan fingerprint density at radius 1 is 1.34 bits per heavy atom. The fraction of sp³-hybridized carbons (Fsp3) is 0.400. The van der Waals surface area contributed by atoms with Gasteiger partial charge in [-0.15, -0.1) is 14.9 Å². The molecule has 1 saturated carbocycles. The number of aromatic nitrogens is 4. The van der Waals surface area contributed by atoms with E-state index in [0.717, 1.165) is 10.7 Å².